The lowest BCUT2D eigenvalue weighted by Crippen LogP contribution is -2.43. The summed E-state index contributed by atoms with van der Waals surface area (Å²) in [5.74, 6) is -0.338. The third-order valence-electron chi connectivity index (χ3n) is 4.48. The second-order valence-electron chi connectivity index (χ2n) is 6.71. The molecule has 0 unspecified atom stereocenters. The fourth-order valence-electron chi connectivity index (χ4n) is 2.58. The molecule has 0 fully saturated rings. The Labute approximate surface area is 164 Å². The zero-order chi connectivity index (χ0) is 20.3. The molecule has 0 saturated carbocycles. The number of hydrogen-bond acceptors (Lipinski definition) is 6. The highest BCUT2D eigenvalue weighted by molar-refractivity contribution is 7.90. The molecular formula is C20H22N4O3S. The minimum Gasteiger partial charge on any atom is -0.286 e. The van der Waals surface area contributed by atoms with Crippen LogP contribution in [0.4, 0.5) is 0 Å². The van der Waals surface area contributed by atoms with Gasteiger partial charge in [-0.3, -0.25) is 10.2 Å². The minimum absolute atomic E-state index is 0.161. The molecule has 0 aliphatic rings. The summed E-state index contributed by atoms with van der Waals surface area (Å²) in [7, 11) is -3.23. The summed E-state index contributed by atoms with van der Waals surface area (Å²) in [4.78, 5) is 12.5. The lowest BCUT2D eigenvalue weighted by molar-refractivity contribution is 0.0920. The van der Waals surface area contributed by atoms with Crippen molar-refractivity contribution in [2.45, 2.75) is 31.2 Å². The molecule has 2 N–H and O–H groups in total. The predicted octanol–water partition coefficient (Wildman–Crippen LogP) is 2.73. The summed E-state index contributed by atoms with van der Waals surface area (Å²) in [5.41, 5.74) is 8.18. The van der Waals surface area contributed by atoms with Gasteiger partial charge >= 0.3 is 0 Å². The van der Waals surface area contributed by atoms with Crippen molar-refractivity contribution >= 4 is 26.6 Å². The van der Waals surface area contributed by atoms with Gasteiger partial charge in [-0.05, 0) is 48.7 Å². The molecule has 146 valence electrons. The van der Waals surface area contributed by atoms with E-state index in [2.05, 4.69) is 21.0 Å². The van der Waals surface area contributed by atoms with E-state index in [9.17, 15) is 13.2 Å². The number of rotatable bonds is 6. The first-order chi connectivity index (χ1) is 13.3. The molecule has 7 nitrogen and oxygen atoms in total. The lowest BCUT2D eigenvalue weighted by atomic mass is 10.0. The zero-order valence-electron chi connectivity index (χ0n) is 15.9. The van der Waals surface area contributed by atoms with Gasteiger partial charge in [0.05, 0.1) is 10.4 Å². The van der Waals surface area contributed by atoms with Crippen LogP contribution >= 0.6 is 0 Å². The van der Waals surface area contributed by atoms with E-state index in [0.717, 1.165) is 22.9 Å². The smallest absolute Gasteiger partial charge is 0.285 e. The highest BCUT2D eigenvalue weighted by Gasteiger charge is 2.11. The van der Waals surface area contributed by atoms with Crippen LogP contribution in [0.25, 0.3) is 22.0 Å². The minimum atomic E-state index is -3.23. The molecule has 3 rings (SSSR count). The van der Waals surface area contributed by atoms with Gasteiger partial charge in [-0.15, -0.1) is 10.2 Å². The Morgan fingerprint density at radius 1 is 1.04 bits per heavy atom. The van der Waals surface area contributed by atoms with Crippen molar-refractivity contribution in [1.29, 1.82) is 0 Å². The van der Waals surface area contributed by atoms with Gasteiger partial charge in [-0.1, -0.05) is 31.2 Å². The Morgan fingerprint density at radius 3 is 2.36 bits per heavy atom. The third-order valence-corrected chi connectivity index (χ3v) is 5.61. The molecule has 2 aromatic carbocycles. The van der Waals surface area contributed by atoms with E-state index in [0.29, 0.717) is 5.52 Å². The molecule has 3 aromatic rings. The van der Waals surface area contributed by atoms with E-state index in [1.54, 1.807) is 30.3 Å². The molecular weight excluding hydrogens is 376 g/mol. The van der Waals surface area contributed by atoms with Gasteiger partial charge < -0.3 is 0 Å². The normalized spacial score (nSPS) is 12.7. The standard InChI is InChI=1S/C20H22N4O3S/c1-4-13(2)21-24-20(25)19-12-16-6-5-15(11-18(16)22-23-19)14-7-9-17(10-8-14)28(3,26)27/h5-13,21H,4H2,1-3H3,(H,24,25)/t13-/m1/s1. The summed E-state index contributed by atoms with van der Waals surface area (Å²) in [6.45, 7) is 3.99. The number of carbonyl (C=O) groups excluding carboxylic acids is 1. The monoisotopic (exact) mass is 398 g/mol. The largest absolute Gasteiger partial charge is 0.286 e. The first-order valence-corrected chi connectivity index (χ1v) is 10.8. The van der Waals surface area contributed by atoms with E-state index >= 15 is 0 Å². The zero-order valence-corrected chi connectivity index (χ0v) is 16.7. The van der Waals surface area contributed by atoms with Crippen molar-refractivity contribution in [1.82, 2.24) is 21.0 Å². The van der Waals surface area contributed by atoms with Gasteiger partial charge in [-0.25, -0.2) is 13.8 Å². The number of hydrogen-bond donors (Lipinski definition) is 2. The maximum atomic E-state index is 12.2. The number of amides is 1. The van der Waals surface area contributed by atoms with Crippen molar-refractivity contribution in [2.24, 2.45) is 0 Å². The number of benzene rings is 2. The van der Waals surface area contributed by atoms with Crippen LogP contribution in [0.5, 0.6) is 0 Å². The highest BCUT2D eigenvalue weighted by atomic mass is 32.2. The van der Waals surface area contributed by atoms with Gasteiger partial charge in [-0.2, -0.15) is 0 Å². The van der Waals surface area contributed by atoms with Crippen molar-refractivity contribution in [2.75, 3.05) is 6.26 Å². The first kappa shape index (κ1) is 19.9. The molecule has 0 radical (unpaired) electrons. The number of carbonyl (C=O) groups is 1. The Hall–Kier alpha value is -2.84. The SMILES string of the molecule is CC[C@@H](C)NNC(=O)c1cc2ccc(-c3ccc(S(C)(=O)=O)cc3)cc2nn1. The maximum absolute atomic E-state index is 12.2. The van der Waals surface area contributed by atoms with Crippen molar-refractivity contribution in [3.05, 3.63) is 54.2 Å². The fraction of sp³-hybridized carbons (Fsp3) is 0.250. The molecule has 0 bridgehead atoms. The molecule has 1 atom stereocenters. The summed E-state index contributed by atoms with van der Waals surface area (Å²) in [6.07, 6.45) is 2.07. The number of sulfone groups is 1. The summed E-state index contributed by atoms with van der Waals surface area (Å²) < 4.78 is 23.2. The van der Waals surface area contributed by atoms with Crippen LogP contribution in [0.3, 0.4) is 0 Å². The summed E-state index contributed by atoms with van der Waals surface area (Å²) >= 11 is 0. The first-order valence-electron chi connectivity index (χ1n) is 8.92. The van der Waals surface area contributed by atoms with Crippen LogP contribution in [0, 0.1) is 0 Å². The second kappa shape index (κ2) is 8.04. The third kappa shape index (κ3) is 4.52. The molecule has 1 aromatic heterocycles. The van der Waals surface area contributed by atoms with Crippen LogP contribution in [0.15, 0.2) is 53.4 Å². The molecule has 1 heterocycles. The van der Waals surface area contributed by atoms with Crippen LogP contribution in [0.2, 0.25) is 0 Å². The van der Waals surface area contributed by atoms with Crippen LogP contribution in [-0.4, -0.2) is 36.8 Å². The van der Waals surface area contributed by atoms with E-state index in [1.807, 2.05) is 32.0 Å². The quantitative estimate of drug-likeness (QED) is 0.619. The topological polar surface area (TPSA) is 101 Å². The van der Waals surface area contributed by atoms with Gasteiger partial charge in [0, 0.05) is 17.7 Å². The fourth-order valence-corrected chi connectivity index (χ4v) is 3.21. The molecule has 0 aliphatic heterocycles. The Morgan fingerprint density at radius 2 is 1.71 bits per heavy atom. The summed E-state index contributed by atoms with van der Waals surface area (Å²) in [5, 5.41) is 8.96. The molecule has 0 aliphatic carbocycles. The number of fused-ring (bicyclic) bond motifs is 1. The van der Waals surface area contributed by atoms with Gasteiger partial charge in [0.2, 0.25) is 0 Å². The molecule has 0 saturated heterocycles. The molecule has 8 heteroatoms. The van der Waals surface area contributed by atoms with Crippen molar-refractivity contribution in [3.8, 4) is 11.1 Å². The van der Waals surface area contributed by atoms with E-state index in [-0.39, 0.29) is 22.5 Å². The van der Waals surface area contributed by atoms with Crippen molar-refractivity contribution < 1.29 is 13.2 Å². The van der Waals surface area contributed by atoms with Crippen LogP contribution in [-0.2, 0) is 9.84 Å². The van der Waals surface area contributed by atoms with Gasteiger partial charge in [0.15, 0.2) is 15.5 Å². The number of nitrogens with one attached hydrogen (secondary N) is 2. The molecule has 1 amide bonds. The predicted molar refractivity (Wildman–Crippen MR) is 108 cm³/mol. The van der Waals surface area contributed by atoms with Gasteiger partial charge in [0.25, 0.3) is 5.91 Å². The summed E-state index contributed by atoms with van der Waals surface area (Å²) in [6, 6.07) is 14.1. The maximum Gasteiger partial charge on any atom is 0.285 e. The number of aromatic nitrogens is 2. The second-order valence-corrected chi connectivity index (χ2v) is 8.72. The van der Waals surface area contributed by atoms with E-state index in [1.165, 1.54) is 6.26 Å². The van der Waals surface area contributed by atoms with E-state index < -0.39 is 9.84 Å². The number of hydrazine groups is 1. The average molecular weight is 398 g/mol. The Balaban J connectivity index is 1.84. The highest BCUT2D eigenvalue weighted by Crippen LogP contribution is 2.24. The molecule has 28 heavy (non-hydrogen) atoms. The average Bonchev–Trinajstić information content (AvgIpc) is 2.70. The van der Waals surface area contributed by atoms with Gasteiger partial charge in [0.1, 0.15) is 0 Å². The van der Waals surface area contributed by atoms with Crippen molar-refractivity contribution in [3.63, 3.8) is 0 Å². The Kier molecular flexibility index (Phi) is 5.71. The molecule has 0 spiro atoms. The van der Waals surface area contributed by atoms with Crippen LogP contribution in [0.1, 0.15) is 30.8 Å². The van der Waals surface area contributed by atoms with E-state index in [4.69, 9.17) is 0 Å². The van der Waals surface area contributed by atoms with Crippen LogP contribution < -0.4 is 10.9 Å². The Bertz CT molecular complexity index is 1110. The number of nitrogens with zero attached hydrogens (tertiary/aromatic N) is 2. The lowest BCUT2D eigenvalue weighted by Gasteiger charge is -2.12.